The zero-order valence-corrected chi connectivity index (χ0v) is 22.4. The van der Waals surface area contributed by atoms with E-state index >= 15 is 0 Å². The number of ether oxygens (including phenoxy) is 3. The number of hydrogen-bond acceptors (Lipinski definition) is 7. The van der Waals surface area contributed by atoms with Crippen LogP contribution in [0.25, 0.3) is 10.9 Å². The molecule has 2 unspecified atom stereocenters. The first-order chi connectivity index (χ1) is 19.0. The van der Waals surface area contributed by atoms with Crippen LogP contribution >= 0.6 is 0 Å². The van der Waals surface area contributed by atoms with Gasteiger partial charge in [-0.1, -0.05) is 36.4 Å². The van der Waals surface area contributed by atoms with Crippen molar-refractivity contribution in [2.24, 2.45) is 5.92 Å². The van der Waals surface area contributed by atoms with E-state index in [1.54, 1.807) is 13.3 Å². The number of rotatable bonds is 5. The molecule has 7 heteroatoms. The Bertz CT molecular complexity index is 1420. The van der Waals surface area contributed by atoms with E-state index in [2.05, 4.69) is 10.3 Å². The van der Waals surface area contributed by atoms with E-state index in [0.29, 0.717) is 38.0 Å². The van der Waals surface area contributed by atoms with E-state index in [1.807, 2.05) is 61.5 Å². The number of pyridine rings is 1. The fourth-order valence-corrected chi connectivity index (χ4v) is 6.75. The lowest BCUT2D eigenvalue weighted by Gasteiger charge is -2.45. The maximum Gasteiger partial charge on any atom is 0.336 e. The van der Waals surface area contributed by atoms with Gasteiger partial charge in [-0.2, -0.15) is 0 Å². The van der Waals surface area contributed by atoms with E-state index in [0.717, 1.165) is 39.9 Å². The van der Waals surface area contributed by atoms with Crippen molar-refractivity contribution in [1.29, 1.82) is 0 Å². The minimum absolute atomic E-state index is 0.0285. The number of aromatic nitrogens is 1. The number of allylic oxidation sites excluding steroid dienone is 1. The van der Waals surface area contributed by atoms with Gasteiger partial charge in [0.1, 0.15) is 17.6 Å². The number of nitrogens with one attached hydrogen (secondary N) is 1. The fraction of sp³-hybridized carbons (Fsp3) is 0.406. The van der Waals surface area contributed by atoms with Crippen LogP contribution in [0.1, 0.15) is 55.6 Å². The summed E-state index contributed by atoms with van der Waals surface area (Å²) in [6.07, 6.45) is 4.10. The van der Waals surface area contributed by atoms with E-state index in [-0.39, 0.29) is 29.8 Å². The van der Waals surface area contributed by atoms with Gasteiger partial charge in [-0.05, 0) is 48.6 Å². The predicted molar refractivity (Wildman–Crippen MR) is 148 cm³/mol. The Morgan fingerprint density at radius 2 is 1.82 bits per heavy atom. The quantitative estimate of drug-likeness (QED) is 0.465. The molecule has 0 bridgehead atoms. The molecule has 2 aromatic carbocycles. The van der Waals surface area contributed by atoms with Gasteiger partial charge < -0.3 is 19.5 Å². The van der Waals surface area contributed by atoms with Crippen molar-refractivity contribution in [2.45, 2.75) is 56.6 Å². The Hall–Kier alpha value is -3.71. The zero-order chi connectivity index (χ0) is 26.9. The number of methoxy groups -OCH3 is 1. The second-order valence-electron chi connectivity index (χ2n) is 10.8. The number of para-hydroxylation sites is 1. The molecule has 2 aliphatic heterocycles. The number of esters is 1. The van der Waals surface area contributed by atoms with Gasteiger partial charge in [-0.3, -0.25) is 9.78 Å². The molecule has 3 aromatic rings. The van der Waals surface area contributed by atoms with Crippen LogP contribution in [0, 0.1) is 5.92 Å². The Morgan fingerprint density at radius 3 is 2.64 bits per heavy atom. The first-order valence-corrected chi connectivity index (χ1v) is 13.8. The highest BCUT2D eigenvalue weighted by atomic mass is 16.6. The van der Waals surface area contributed by atoms with Crippen molar-refractivity contribution < 1.29 is 23.8 Å². The molecule has 6 rings (SSSR count). The van der Waals surface area contributed by atoms with Crippen LogP contribution in [0.15, 0.2) is 72.1 Å². The van der Waals surface area contributed by atoms with Gasteiger partial charge in [0.2, 0.25) is 0 Å². The third-order valence-electron chi connectivity index (χ3n) is 8.52. The third-order valence-corrected chi connectivity index (χ3v) is 8.52. The minimum atomic E-state index is -0.428. The number of ketones is 1. The number of hydrogen-bond donors (Lipinski definition) is 1. The van der Waals surface area contributed by atoms with Gasteiger partial charge in [0, 0.05) is 54.4 Å². The van der Waals surface area contributed by atoms with Gasteiger partial charge in [0.05, 0.1) is 31.4 Å². The van der Waals surface area contributed by atoms with Gasteiger partial charge in [0.25, 0.3) is 0 Å². The summed E-state index contributed by atoms with van der Waals surface area (Å²) in [6, 6.07) is 17.7. The molecular weight excluding hydrogens is 492 g/mol. The molecule has 202 valence electrons. The molecular formula is C32H34N2O5. The van der Waals surface area contributed by atoms with Crippen molar-refractivity contribution in [3.05, 3.63) is 83.2 Å². The van der Waals surface area contributed by atoms with E-state index in [4.69, 9.17) is 14.2 Å². The number of nitrogens with zero attached hydrogens (tertiary/aromatic N) is 1. The molecule has 4 atom stereocenters. The second-order valence-corrected chi connectivity index (χ2v) is 10.8. The Kier molecular flexibility index (Phi) is 7.09. The van der Waals surface area contributed by atoms with Crippen LogP contribution < -0.4 is 10.1 Å². The Labute approximate surface area is 228 Å². The van der Waals surface area contributed by atoms with Crippen LogP contribution in [0.3, 0.4) is 0 Å². The average Bonchev–Trinajstić information content (AvgIpc) is 2.96. The number of benzene rings is 2. The lowest BCUT2D eigenvalue weighted by atomic mass is 9.64. The van der Waals surface area contributed by atoms with Crippen LogP contribution in [0.5, 0.6) is 5.75 Å². The van der Waals surface area contributed by atoms with Crippen molar-refractivity contribution >= 4 is 22.7 Å². The number of carbonyl (C=O) groups excluding carboxylic acids is 2. The summed E-state index contributed by atoms with van der Waals surface area (Å²) in [5.74, 6) is -0.208. The van der Waals surface area contributed by atoms with E-state index in [9.17, 15) is 9.59 Å². The summed E-state index contributed by atoms with van der Waals surface area (Å²) >= 11 is 0. The zero-order valence-electron chi connectivity index (χ0n) is 22.4. The molecule has 3 heterocycles. The summed E-state index contributed by atoms with van der Waals surface area (Å²) in [7, 11) is 1.67. The van der Waals surface area contributed by atoms with Crippen molar-refractivity contribution in [1.82, 2.24) is 10.3 Å². The standard InChI is InChI=1S/C32H34N2O5/c1-19-29(32(36)39-21-12-15-38-16-13-21)30(24-8-5-10-25-23(24)9-6-14-33-25)31-26(34-19)17-20(18-27(31)35)22-7-3-4-11-28(22)37-2/h3-11,14,20-21,26,30-31,34H,12-13,15-18H2,1-2H3/t20-,26?,30+,31?/m1/s1. The van der Waals surface area contributed by atoms with Gasteiger partial charge in [0.15, 0.2) is 0 Å². The minimum Gasteiger partial charge on any atom is -0.496 e. The van der Waals surface area contributed by atoms with Crippen LogP contribution in [-0.4, -0.2) is 49.2 Å². The molecule has 1 saturated carbocycles. The van der Waals surface area contributed by atoms with Crippen LogP contribution in [-0.2, 0) is 19.1 Å². The monoisotopic (exact) mass is 526 g/mol. The van der Waals surface area contributed by atoms with Gasteiger partial charge in [-0.15, -0.1) is 0 Å². The maximum absolute atomic E-state index is 14.1. The highest BCUT2D eigenvalue weighted by Crippen LogP contribution is 2.49. The molecule has 39 heavy (non-hydrogen) atoms. The molecule has 2 fully saturated rings. The predicted octanol–water partition coefficient (Wildman–Crippen LogP) is 5.06. The highest BCUT2D eigenvalue weighted by Gasteiger charge is 2.49. The summed E-state index contributed by atoms with van der Waals surface area (Å²) in [5.41, 5.74) is 4.15. The molecule has 3 aliphatic rings. The third kappa shape index (κ3) is 4.80. The lowest BCUT2D eigenvalue weighted by molar-refractivity contribution is -0.149. The second kappa shape index (κ2) is 10.8. The van der Waals surface area contributed by atoms with Crippen LogP contribution in [0.2, 0.25) is 0 Å². The van der Waals surface area contributed by atoms with Gasteiger partial charge in [-0.25, -0.2) is 4.79 Å². The summed E-state index contributed by atoms with van der Waals surface area (Å²) in [6.45, 7) is 3.10. The fourth-order valence-electron chi connectivity index (χ4n) is 6.75. The first kappa shape index (κ1) is 25.6. The van der Waals surface area contributed by atoms with Crippen molar-refractivity contribution in [3.8, 4) is 5.75 Å². The SMILES string of the molecule is COc1ccccc1[C@H]1CC(=O)C2C(C1)NC(C)=C(C(=O)OC1CCOCC1)[C@@H]2c1cccc2ncccc12. The summed E-state index contributed by atoms with van der Waals surface area (Å²) in [5, 5.41) is 4.53. The van der Waals surface area contributed by atoms with E-state index in [1.165, 1.54) is 0 Å². The van der Waals surface area contributed by atoms with Crippen molar-refractivity contribution in [3.63, 3.8) is 0 Å². The van der Waals surface area contributed by atoms with E-state index < -0.39 is 11.8 Å². The largest absolute Gasteiger partial charge is 0.496 e. The molecule has 0 amide bonds. The topological polar surface area (TPSA) is 86.8 Å². The molecule has 1 aliphatic carbocycles. The average molecular weight is 527 g/mol. The molecule has 1 saturated heterocycles. The summed E-state index contributed by atoms with van der Waals surface area (Å²) < 4.78 is 17.1. The summed E-state index contributed by atoms with van der Waals surface area (Å²) in [4.78, 5) is 32.5. The lowest BCUT2D eigenvalue weighted by Crippen LogP contribution is -2.52. The first-order valence-electron chi connectivity index (χ1n) is 13.8. The molecule has 0 radical (unpaired) electrons. The Balaban J connectivity index is 1.42. The van der Waals surface area contributed by atoms with Gasteiger partial charge >= 0.3 is 5.97 Å². The number of Topliss-reactive ketones (excluding diaryl/α,β-unsaturated/α-hetero) is 1. The maximum atomic E-state index is 14.1. The molecule has 1 N–H and O–H groups in total. The normalized spacial score (nSPS) is 25.6. The molecule has 0 spiro atoms. The molecule has 1 aromatic heterocycles. The molecule has 7 nitrogen and oxygen atoms in total. The number of fused-ring (bicyclic) bond motifs is 2. The highest BCUT2D eigenvalue weighted by molar-refractivity contribution is 5.97. The number of carbonyl (C=O) groups is 2. The Morgan fingerprint density at radius 1 is 1.03 bits per heavy atom. The van der Waals surface area contributed by atoms with Crippen molar-refractivity contribution in [2.75, 3.05) is 20.3 Å². The smallest absolute Gasteiger partial charge is 0.336 e. The van der Waals surface area contributed by atoms with Crippen LogP contribution in [0.4, 0.5) is 0 Å².